The zero-order valence-electron chi connectivity index (χ0n) is 16.2. The molecule has 0 amide bonds. The maximum atomic E-state index is 12.8. The van der Waals surface area contributed by atoms with Crippen molar-refractivity contribution in [3.8, 4) is 0 Å². The van der Waals surface area contributed by atoms with Crippen molar-refractivity contribution in [2.75, 3.05) is 13.7 Å². The lowest BCUT2D eigenvalue weighted by atomic mass is 9.97. The van der Waals surface area contributed by atoms with Crippen LogP contribution in [-0.4, -0.2) is 28.0 Å². The van der Waals surface area contributed by atoms with E-state index in [0.29, 0.717) is 11.3 Å². The van der Waals surface area contributed by atoms with Crippen LogP contribution >= 0.6 is 15.9 Å². The van der Waals surface area contributed by atoms with Crippen molar-refractivity contribution in [2.45, 2.75) is 10.9 Å². The van der Waals surface area contributed by atoms with Crippen molar-refractivity contribution in [1.29, 1.82) is 0 Å². The maximum Gasteiger partial charge on any atom is 0.361 e. The summed E-state index contributed by atoms with van der Waals surface area (Å²) in [6.07, 6.45) is 0. The average Bonchev–Trinajstić information content (AvgIpc) is 2.76. The van der Waals surface area contributed by atoms with Crippen LogP contribution in [0.15, 0.2) is 88.2 Å². The lowest BCUT2D eigenvalue weighted by molar-refractivity contribution is -0.677. The number of sulfonamides is 1. The summed E-state index contributed by atoms with van der Waals surface area (Å²) in [5, 5.41) is 1.80. The number of methoxy groups -OCH3 is 1. The van der Waals surface area contributed by atoms with Crippen molar-refractivity contribution in [3.63, 3.8) is 0 Å². The molecule has 0 spiro atoms. The van der Waals surface area contributed by atoms with Gasteiger partial charge in [0, 0.05) is 15.6 Å². The van der Waals surface area contributed by atoms with E-state index in [1.807, 2.05) is 36.4 Å². The Labute approximate surface area is 184 Å². The number of hydrogen-bond acceptors (Lipinski definition) is 4. The van der Waals surface area contributed by atoms with Gasteiger partial charge in [0.25, 0.3) is 0 Å². The number of nitrogens with zero attached hydrogens (tertiary/aromatic N) is 1. The Hall–Kier alpha value is -2.68. The monoisotopic (exact) mass is 488 g/mol. The average molecular weight is 489 g/mol. The first-order valence-electron chi connectivity index (χ1n) is 9.18. The molecule has 0 saturated heterocycles. The lowest BCUT2D eigenvalue weighted by Gasteiger charge is -2.28. The minimum atomic E-state index is -3.90. The normalized spacial score (nSPS) is 12.2. The van der Waals surface area contributed by atoms with E-state index in [9.17, 15) is 13.2 Å². The summed E-state index contributed by atoms with van der Waals surface area (Å²) in [4.78, 5) is 11.9. The topological polar surface area (TPSA) is 91.2 Å². The predicted molar refractivity (Wildman–Crippen MR) is 118 cm³/mol. The third-order valence-electron chi connectivity index (χ3n) is 4.49. The number of quaternary nitrogens is 1. The van der Waals surface area contributed by atoms with Crippen LogP contribution in [-0.2, 0) is 19.6 Å². The summed E-state index contributed by atoms with van der Waals surface area (Å²) in [5.74, 6) is -0.374. The van der Waals surface area contributed by atoms with Crippen LogP contribution in [0, 0.1) is 0 Å². The number of halogens is 1. The summed E-state index contributed by atoms with van der Waals surface area (Å²) >= 11 is 3.46. The molecule has 1 atom stereocenters. The highest BCUT2D eigenvalue weighted by molar-refractivity contribution is 9.10. The Balaban J connectivity index is 2.03. The number of carbonyl (C=O) groups excluding carboxylic acids is 1. The molecule has 0 aromatic heterocycles. The Morgan fingerprint density at radius 3 is 2.30 bits per heavy atom. The molecule has 0 aliphatic heterocycles. The van der Waals surface area contributed by atoms with E-state index >= 15 is 0 Å². The number of ether oxygens (including phenoxy) is 1. The van der Waals surface area contributed by atoms with E-state index in [-0.39, 0.29) is 23.5 Å². The van der Waals surface area contributed by atoms with Crippen molar-refractivity contribution in [1.82, 2.24) is 0 Å². The molecule has 30 heavy (non-hydrogen) atoms. The molecular weight excluding hydrogens is 468 g/mol. The minimum absolute atomic E-state index is 0.0768. The number of carbonyl (C=O) groups is 1. The first-order valence-corrected chi connectivity index (χ1v) is 11.4. The lowest BCUT2D eigenvalue weighted by Crippen LogP contribution is -2.87. The van der Waals surface area contributed by atoms with E-state index in [0.717, 1.165) is 10.0 Å². The summed E-state index contributed by atoms with van der Waals surface area (Å²) in [5.41, 5.74) is 1.89. The quantitative estimate of drug-likeness (QED) is 0.489. The smallest absolute Gasteiger partial charge is 0.361 e. The highest BCUT2D eigenvalue weighted by Gasteiger charge is 2.21. The van der Waals surface area contributed by atoms with Gasteiger partial charge in [-0.2, -0.15) is 0 Å². The van der Waals surface area contributed by atoms with Crippen LogP contribution < -0.4 is 5.32 Å². The molecule has 0 heterocycles. The molecule has 3 aromatic carbocycles. The van der Waals surface area contributed by atoms with Gasteiger partial charge in [-0.1, -0.05) is 70.5 Å². The van der Waals surface area contributed by atoms with Gasteiger partial charge < -0.3 is 14.8 Å². The summed E-state index contributed by atoms with van der Waals surface area (Å²) in [6, 6.07) is 22.5. The molecule has 0 radical (unpaired) electrons. The molecule has 1 unspecified atom stereocenters. The van der Waals surface area contributed by atoms with Gasteiger partial charge in [0.05, 0.1) is 12.0 Å². The molecule has 3 rings (SSSR count). The predicted octanol–water partition coefficient (Wildman–Crippen LogP) is 3.67. The van der Waals surface area contributed by atoms with Crippen molar-refractivity contribution >= 4 is 37.6 Å². The van der Waals surface area contributed by atoms with Crippen LogP contribution in [0.3, 0.4) is 0 Å². The van der Waals surface area contributed by atoms with Crippen LogP contribution in [0.2, 0.25) is 0 Å². The molecule has 3 aromatic rings. The summed E-state index contributed by atoms with van der Waals surface area (Å²) in [7, 11) is -2.56. The Bertz CT molecular complexity index is 1110. The van der Waals surface area contributed by atoms with Crippen LogP contribution in [0.25, 0.3) is 4.72 Å². The summed E-state index contributed by atoms with van der Waals surface area (Å²) in [6.45, 7) is 0.0768. The molecule has 2 N–H and O–H groups in total. The number of hydrogen-bond donors (Lipinski definition) is 1. The molecule has 0 aliphatic carbocycles. The van der Waals surface area contributed by atoms with E-state index in [2.05, 4.69) is 20.7 Å². The first kappa shape index (κ1) is 22.0. The summed E-state index contributed by atoms with van der Waals surface area (Å²) < 4.78 is 35.4. The Morgan fingerprint density at radius 2 is 1.67 bits per heavy atom. The SMILES string of the molecule is COC(=O)C[NH2+]C(c1ccccc1)c1cc(Br)ccc1[N-]S(=O)(=O)c1ccccc1. The number of rotatable bonds is 8. The minimum Gasteiger partial charge on any atom is -0.572 e. The van der Waals surface area contributed by atoms with Gasteiger partial charge in [0.1, 0.15) is 16.1 Å². The van der Waals surface area contributed by atoms with Crippen molar-refractivity contribution < 1.29 is 23.3 Å². The highest BCUT2D eigenvalue weighted by atomic mass is 79.9. The highest BCUT2D eigenvalue weighted by Crippen LogP contribution is 2.36. The zero-order valence-corrected chi connectivity index (χ0v) is 18.6. The number of nitrogens with two attached hydrogens (primary N) is 1. The van der Waals surface area contributed by atoms with Gasteiger partial charge in [-0.15, -0.1) is 5.69 Å². The molecule has 0 bridgehead atoms. The van der Waals surface area contributed by atoms with Crippen LogP contribution in [0.1, 0.15) is 17.2 Å². The van der Waals surface area contributed by atoms with Gasteiger partial charge in [-0.25, -0.2) is 13.2 Å². The third-order valence-corrected chi connectivity index (χ3v) is 6.29. The van der Waals surface area contributed by atoms with Crippen molar-refractivity contribution in [2.24, 2.45) is 0 Å². The van der Waals surface area contributed by atoms with E-state index in [1.54, 1.807) is 35.6 Å². The fourth-order valence-corrected chi connectivity index (χ4v) is 4.44. The van der Waals surface area contributed by atoms with Crippen LogP contribution in [0.5, 0.6) is 0 Å². The Morgan fingerprint density at radius 1 is 1.03 bits per heavy atom. The van der Waals surface area contributed by atoms with E-state index < -0.39 is 10.0 Å². The largest absolute Gasteiger partial charge is 0.572 e. The number of benzene rings is 3. The second-order valence-electron chi connectivity index (χ2n) is 6.49. The molecule has 0 fully saturated rings. The fraction of sp³-hybridized carbons (Fsp3) is 0.136. The zero-order chi connectivity index (χ0) is 21.6. The molecular formula is C22H21BrN2O4S. The van der Waals surface area contributed by atoms with Gasteiger partial charge in [-0.3, -0.25) is 0 Å². The van der Waals surface area contributed by atoms with Gasteiger partial charge in [0.2, 0.25) is 0 Å². The van der Waals surface area contributed by atoms with Gasteiger partial charge in [-0.05, 0) is 24.3 Å². The molecule has 0 aliphatic rings. The fourth-order valence-electron chi connectivity index (χ4n) is 3.03. The number of esters is 1. The maximum absolute atomic E-state index is 12.8. The second kappa shape index (κ2) is 9.88. The van der Waals surface area contributed by atoms with Crippen molar-refractivity contribution in [3.05, 3.63) is 99.2 Å². The van der Waals surface area contributed by atoms with E-state index in [4.69, 9.17) is 4.74 Å². The third kappa shape index (κ3) is 5.47. The Kier molecular flexibility index (Phi) is 7.25. The standard InChI is InChI=1S/C22H20BrN2O4S/c1-29-21(26)15-24-22(16-8-4-2-5-9-16)19-14-17(23)12-13-20(19)25-30(27,28)18-10-6-3-7-11-18/h2-14,22,24H,15H2,1H3/q-1/p+1. The van der Waals surface area contributed by atoms with Gasteiger partial charge >= 0.3 is 5.97 Å². The van der Waals surface area contributed by atoms with E-state index in [1.165, 1.54) is 19.2 Å². The molecule has 0 saturated carbocycles. The molecule has 156 valence electrons. The second-order valence-corrected chi connectivity index (χ2v) is 9.01. The van der Waals surface area contributed by atoms with Crippen LogP contribution in [0.4, 0.5) is 5.69 Å². The molecule has 8 heteroatoms. The first-order chi connectivity index (χ1) is 14.4. The van der Waals surface area contributed by atoms with Gasteiger partial charge in [0.15, 0.2) is 6.54 Å². The molecule has 6 nitrogen and oxygen atoms in total.